The number of amides is 2. The van der Waals surface area contributed by atoms with Crippen molar-refractivity contribution in [3.63, 3.8) is 0 Å². The largest absolute Gasteiger partial charge is 0.464 e. The summed E-state index contributed by atoms with van der Waals surface area (Å²) in [6.45, 7) is 4.66. The summed E-state index contributed by atoms with van der Waals surface area (Å²) in [6, 6.07) is 7.29. The first-order valence-corrected chi connectivity index (χ1v) is 7.68. The van der Waals surface area contributed by atoms with Crippen LogP contribution in [-0.2, 0) is 11.3 Å². The number of urea groups is 1. The molecule has 128 valence electrons. The SMILES string of the molecule is CCCN(Cc1nc(C(=O)OC)co1)C(=O)Nc1ccc(C)cc1. The Morgan fingerprint density at radius 3 is 2.62 bits per heavy atom. The van der Waals surface area contributed by atoms with Gasteiger partial charge in [-0.1, -0.05) is 24.6 Å². The van der Waals surface area contributed by atoms with Crippen LogP contribution in [0.1, 0.15) is 35.3 Å². The molecule has 0 aliphatic rings. The van der Waals surface area contributed by atoms with Crippen molar-refractivity contribution >= 4 is 17.7 Å². The number of nitrogens with one attached hydrogen (secondary N) is 1. The first kappa shape index (κ1) is 17.5. The van der Waals surface area contributed by atoms with Crippen LogP contribution in [0.15, 0.2) is 34.9 Å². The lowest BCUT2D eigenvalue weighted by Gasteiger charge is -2.21. The molecule has 0 fully saturated rings. The molecule has 0 atom stereocenters. The fourth-order valence-corrected chi connectivity index (χ4v) is 2.11. The van der Waals surface area contributed by atoms with E-state index in [1.165, 1.54) is 13.4 Å². The third-order valence-corrected chi connectivity index (χ3v) is 3.36. The lowest BCUT2D eigenvalue weighted by Crippen LogP contribution is -2.35. The maximum absolute atomic E-state index is 12.4. The van der Waals surface area contributed by atoms with E-state index in [2.05, 4.69) is 15.0 Å². The molecule has 0 unspecified atom stereocenters. The number of carbonyl (C=O) groups excluding carboxylic acids is 2. The van der Waals surface area contributed by atoms with E-state index >= 15 is 0 Å². The van der Waals surface area contributed by atoms with Gasteiger partial charge in [-0.25, -0.2) is 14.6 Å². The number of aryl methyl sites for hydroxylation is 1. The molecule has 2 amide bonds. The van der Waals surface area contributed by atoms with Crippen molar-refractivity contribution in [1.82, 2.24) is 9.88 Å². The number of aromatic nitrogens is 1. The number of nitrogens with zero attached hydrogens (tertiary/aromatic N) is 2. The van der Waals surface area contributed by atoms with E-state index in [4.69, 9.17) is 4.42 Å². The number of oxazole rings is 1. The van der Waals surface area contributed by atoms with Gasteiger partial charge >= 0.3 is 12.0 Å². The van der Waals surface area contributed by atoms with Crippen molar-refractivity contribution in [2.24, 2.45) is 0 Å². The van der Waals surface area contributed by atoms with Gasteiger partial charge in [0.05, 0.1) is 13.7 Å². The van der Waals surface area contributed by atoms with Gasteiger partial charge in [-0.05, 0) is 25.5 Å². The van der Waals surface area contributed by atoms with Gasteiger partial charge in [0.25, 0.3) is 0 Å². The standard InChI is InChI=1S/C17H21N3O4/c1-4-9-20(10-15-19-14(11-24-15)16(21)23-3)17(22)18-13-7-5-12(2)6-8-13/h5-8,11H,4,9-10H2,1-3H3,(H,18,22). The highest BCUT2D eigenvalue weighted by atomic mass is 16.5. The van der Waals surface area contributed by atoms with Crippen LogP contribution >= 0.6 is 0 Å². The van der Waals surface area contributed by atoms with E-state index in [0.717, 1.165) is 12.0 Å². The molecule has 0 saturated carbocycles. The Labute approximate surface area is 140 Å². The molecular weight excluding hydrogens is 310 g/mol. The minimum atomic E-state index is -0.573. The van der Waals surface area contributed by atoms with Crippen molar-refractivity contribution in [1.29, 1.82) is 0 Å². The Morgan fingerprint density at radius 2 is 2.00 bits per heavy atom. The predicted octanol–water partition coefficient (Wildman–Crippen LogP) is 3.21. The zero-order valence-electron chi connectivity index (χ0n) is 14.0. The summed E-state index contributed by atoms with van der Waals surface area (Å²) in [7, 11) is 1.27. The monoisotopic (exact) mass is 331 g/mol. The summed E-state index contributed by atoms with van der Waals surface area (Å²) in [6.07, 6.45) is 2.01. The zero-order chi connectivity index (χ0) is 17.5. The fraction of sp³-hybridized carbons (Fsp3) is 0.353. The Morgan fingerprint density at radius 1 is 1.29 bits per heavy atom. The number of benzene rings is 1. The quantitative estimate of drug-likeness (QED) is 0.822. The lowest BCUT2D eigenvalue weighted by molar-refractivity contribution is 0.0594. The van der Waals surface area contributed by atoms with Gasteiger partial charge in [-0.2, -0.15) is 0 Å². The first-order valence-electron chi connectivity index (χ1n) is 7.68. The molecule has 0 spiro atoms. The van der Waals surface area contributed by atoms with Gasteiger partial charge < -0.3 is 19.4 Å². The topological polar surface area (TPSA) is 84.7 Å². The molecule has 7 heteroatoms. The smallest absolute Gasteiger partial charge is 0.360 e. The van der Waals surface area contributed by atoms with Crippen molar-refractivity contribution in [2.75, 3.05) is 19.0 Å². The van der Waals surface area contributed by atoms with Crippen LogP contribution in [0.3, 0.4) is 0 Å². The molecule has 7 nitrogen and oxygen atoms in total. The summed E-state index contributed by atoms with van der Waals surface area (Å²) < 4.78 is 9.83. The van der Waals surface area contributed by atoms with Crippen molar-refractivity contribution < 1.29 is 18.7 Å². The molecule has 2 aromatic rings. The van der Waals surface area contributed by atoms with Crippen LogP contribution in [0.25, 0.3) is 0 Å². The number of anilines is 1. The Kier molecular flexibility index (Phi) is 5.95. The average Bonchev–Trinajstić information content (AvgIpc) is 3.04. The van der Waals surface area contributed by atoms with Crippen LogP contribution in [0.5, 0.6) is 0 Å². The van der Waals surface area contributed by atoms with E-state index in [9.17, 15) is 9.59 Å². The van der Waals surface area contributed by atoms with Crippen LogP contribution in [-0.4, -0.2) is 35.5 Å². The number of carbonyl (C=O) groups is 2. The minimum Gasteiger partial charge on any atom is -0.464 e. The van der Waals surface area contributed by atoms with E-state index in [0.29, 0.717) is 12.2 Å². The summed E-state index contributed by atoms with van der Waals surface area (Å²) >= 11 is 0. The molecular formula is C17H21N3O4. The maximum atomic E-state index is 12.4. The normalized spacial score (nSPS) is 10.3. The number of hydrogen-bond acceptors (Lipinski definition) is 5. The van der Waals surface area contributed by atoms with Crippen LogP contribution in [0.2, 0.25) is 0 Å². The molecule has 1 aromatic carbocycles. The molecule has 0 aliphatic heterocycles. The molecule has 1 heterocycles. The fourth-order valence-electron chi connectivity index (χ4n) is 2.11. The number of methoxy groups -OCH3 is 1. The zero-order valence-corrected chi connectivity index (χ0v) is 14.0. The molecule has 0 saturated heterocycles. The molecule has 24 heavy (non-hydrogen) atoms. The van der Waals surface area contributed by atoms with Gasteiger partial charge in [-0.15, -0.1) is 0 Å². The lowest BCUT2D eigenvalue weighted by atomic mass is 10.2. The molecule has 0 aliphatic carbocycles. The average molecular weight is 331 g/mol. The second kappa shape index (κ2) is 8.14. The molecule has 1 N–H and O–H groups in total. The summed E-state index contributed by atoms with van der Waals surface area (Å²) in [5.74, 6) is -0.293. The highest BCUT2D eigenvalue weighted by Crippen LogP contribution is 2.12. The summed E-state index contributed by atoms with van der Waals surface area (Å²) in [5.41, 5.74) is 1.92. The number of ether oxygens (including phenoxy) is 1. The second-order valence-corrected chi connectivity index (χ2v) is 5.34. The van der Waals surface area contributed by atoms with E-state index in [1.807, 2.05) is 38.1 Å². The number of rotatable bonds is 6. The summed E-state index contributed by atoms with van der Waals surface area (Å²) in [4.78, 5) is 29.5. The molecule has 0 bridgehead atoms. The van der Waals surface area contributed by atoms with E-state index < -0.39 is 5.97 Å². The third kappa shape index (κ3) is 4.58. The Bertz CT molecular complexity index is 694. The van der Waals surface area contributed by atoms with E-state index in [-0.39, 0.29) is 24.2 Å². The van der Waals surface area contributed by atoms with E-state index in [1.54, 1.807) is 4.90 Å². The van der Waals surface area contributed by atoms with Crippen LogP contribution < -0.4 is 5.32 Å². The highest BCUT2D eigenvalue weighted by Gasteiger charge is 2.18. The van der Waals surface area contributed by atoms with Crippen LogP contribution in [0.4, 0.5) is 10.5 Å². The third-order valence-electron chi connectivity index (χ3n) is 3.36. The van der Waals surface area contributed by atoms with Gasteiger partial charge in [0.2, 0.25) is 5.89 Å². The van der Waals surface area contributed by atoms with Gasteiger partial charge in [-0.3, -0.25) is 0 Å². The van der Waals surface area contributed by atoms with Gasteiger partial charge in [0, 0.05) is 12.2 Å². The number of hydrogen-bond donors (Lipinski definition) is 1. The minimum absolute atomic E-state index is 0.0860. The number of esters is 1. The molecule has 2 rings (SSSR count). The van der Waals surface area contributed by atoms with Crippen molar-refractivity contribution in [3.05, 3.63) is 47.7 Å². The van der Waals surface area contributed by atoms with Crippen molar-refractivity contribution in [3.8, 4) is 0 Å². The Balaban J connectivity index is 2.04. The first-order chi connectivity index (χ1) is 11.5. The van der Waals surface area contributed by atoms with Gasteiger partial charge in [0.15, 0.2) is 5.69 Å². The molecule has 0 radical (unpaired) electrons. The second-order valence-electron chi connectivity index (χ2n) is 5.34. The van der Waals surface area contributed by atoms with Crippen molar-refractivity contribution in [2.45, 2.75) is 26.8 Å². The Hall–Kier alpha value is -2.83. The summed E-state index contributed by atoms with van der Waals surface area (Å²) in [5, 5.41) is 2.84. The predicted molar refractivity (Wildman–Crippen MR) is 88.7 cm³/mol. The maximum Gasteiger partial charge on any atom is 0.360 e. The van der Waals surface area contributed by atoms with Gasteiger partial charge in [0.1, 0.15) is 6.26 Å². The molecule has 1 aromatic heterocycles. The highest BCUT2D eigenvalue weighted by molar-refractivity contribution is 5.89. The van der Waals surface area contributed by atoms with Crippen LogP contribution in [0, 0.1) is 6.92 Å².